The predicted molar refractivity (Wildman–Crippen MR) is 79.3 cm³/mol. The zero-order valence-corrected chi connectivity index (χ0v) is 12.1. The highest BCUT2D eigenvalue weighted by Gasteiger charge is 2.34. The Kier molecular flexibility index (Phi) is 3.62. The Morgan fingerprint density at radius 2 is 2.20 bits per heavy atom. The quantitative estimate of drug-likeness (QED) is 0.774. The van der Waals surface area contributed by atoms with Crippen LogP contribution in [0.25, 0.3) is 5.57 Å². The average Bonchev–Trinajstić information content (AvgIpc) is 2.47. The number of likely N-dealkylation sites (N-methyl/N-ethyl adjacent to an activating group) is 1. The van der Waals surface area contributed by atoms with E-state index in [9.17, 15) is 4.79 Å². The van der Waals surface area contributed by atoms with Gasteiger partial charge in [0.1, 0.15) is 0 Å². The Labute approximate surface area is 120 Å². The van der Waals surface area contributed by atoms with Crippen LogP contribution in [0.1, 0.15) is 24.5 Å². The lowest BCUT2D eigenvalue weighted by atomic mass is 9.79. The van der Waals surface area contributed by atoms with Gasteiger partial charge < -0.3 is 4.74 Å². The van der Waals surface area contributed by atoms with E-state index in [1.54, 1.807) is 0 Å². The predicted octanol–water partition coefficient (Wildman–Crippen LogP) is 2.51. The largest absolute Gasteiger partial charge is 0.466 e. The summed E-state index contributed by atoms with van der Waals surface area (Å²) in [5, 5.41) is 0. The number of esters is 1. The second-order valence-electron chi connectivity index (χ2n) is 5.63. The van der Waals surface area contributed by atoms with E-state index in [0.29, 0.717) is 12.6 Å². The first-order valence-corrected chi connectivity index (χ1v) is 7.37. The van der Waals surface area contributed by atoms with Crippen molar-refractivity contribution in [2.75, 3.05) is 20.2 Å². The van der Waals surface area contributed by atoms with Crippen molar-refractivity contribution in [2.45, 2.75) is 25.8 Å². The molecule has 0 N–H and O–H groups in total. The molecule has 106 valence electrons. The summed E-state index contributed by atoms with van der Waals surface area (Å²) in [7, 11) is 2.11. The second kappa shape index (κ2) is 5.41. The van der Waals surface area contributed by atoms with Gasteiger partial charge >= 0.3 is 5.97 Å². The highest BCUT2D eigenvalue weighted by atomic mass is 16.5. The summed E-state index contributed by atoms with van der Waals surface area (Å²) >= 11 is 0. The van der Waals surface area contributed by atoms with Gasteiger partial charge in [-0.05, 0) is 43.5 Å². The summed E-state index contributed by atoms with van der Waals surface area (Å²) in [6.45, 7) is 3.06. The Bertz CT molecular complexity index is 550. The number of fused-ring (bicyclic) bond motifs is 3. The minimum absolute atomic E-state index is 0.103. The molecule has 3 rings (SSSR count). The van der Waals surface area contributed by atoms with E-state index in [1.165, 1.54) is 16.7 Å². The van der Waals surface area contributed by atoms with Gasteiger partial charge in [0.25, 0.3) is 0 Å². The van der Waals surface area contributed by atoms with Crippen molar-refractivity contribution < 1.29 is 9.53 Å². The van der Waals surface area contributed by atoms with Crippen LogP contribution in [-0.4, -0.2) is 37.1 Å². The number of benzene rings is 1. The molecule has 1 aliphatic heterocycles. The normalized spacial score (nSPS) is 25.4. The van der Waals surface area contributed by atoms with Crippen molar-refractivity contribution in [3.05, 3.63) is 41.5 Å². The average molecular weight is 271 g/mol. The fraction of sp³-hybridized carbons (Fsp3) is 0.471. The molecule has 3 nitrogen and oxygen atoms in total. The monoisotopic (exact) mass is 271 g/mol. The first-order chi connectivity index (χ1) is 9.70. The SMILES string of the molecule is CCOC(=O)[C@H]1C=C2c3ccccc3CC[C@H]2N(C)C1. The van der Waals surface area contributed by atoms with Crippen LogP contribution < -0.4 is 0 Å². The van der Waals surface area contributed by atoms with Crippen molar-refractivity contribution in [1.82, 2.24) is 4.90 Å². The maximum atomic E-state index is 12.0. The van der Waals surface area contributed by atoms with Crippen LogP contribution in [0.4, 0.5) is 0 Å². The number of rotatable bonds is 2. The van der Waals surface area contributed by atoms with Gasteiger partial charge in [-0.15, -0.1) is 0 Å². The Balaban J connectivity index is 1.98. The smallest absolute Gasteiger partial charge is 0.314 e. The minimum atomic E-state index is -0.141. The zero-order valence-electron chi connectivity index (χ0n) is 12.1. The molecule has 0 saturated heterocycles. The van der Waals surface area contributed by atoms with Crippen LogP contribution in [0.5, 0.6) is 0 Å². The molecule has 0 unspecified atom stereocenters. The molecule has 1 aromatic carbocycles. The standard InChI is InChI=1S/C17H21NO2/c1-3-20-17(19)13-10-15-14-7-5-4-6-12(14)8-9-16(15)18(2)11-13/h4-7,10,13,16H,3,8-9,11H2,1-2H3/t13-,16+/m0/s1. The van der Waals surface area contributed by atoms with E-state index in [1.807, 2.05) is 6.92 Å². The molecule has 2 aliphatic rings. The molecule has 3 heteroatoms. The maximum Gasteiger partial charge on any atom is 0.314 e. The Hall–Kier alpha value is -1.61. The van der Waals surface area contributed by atoms with Gasteiger partial charge in [-0.3, -0.25) is 9.69 Å². The van der Waals surface area contributed by atoms with E-state index in [0.717, 1.165) is 19.4 Å². The first-order valence-electron chi connectivity index (χ1n) is 7.37. The highest BCUT2D eigenvalue weighted by molar-refractivity contribution is 5.82. The van der Waals surface area contributed by atoms with Gasteiger partial charge in [0.15, 0.2) is 0 Å². The molecular weight excluding hydrogens is 250 g/mol. The maximum absolute atomic E-state index is 12.0. The molecular formula is C17H21NO2. The first kappa shape index (κ1) is 13.4. The number of hydrogen-bond donors (Lipinski definition) is 0. The third-order valence-electron chi connectivity index (χ3n) is 4.36. The van der Waals surface area contributed by atoms with Gasteiger partial charge in [-0.2, -0.15) is 0 Å². The van der Waals surface area contributed by atoms with Gasteiger partial charge in [0.2, 0.25) is 0 Å². The van der Waals surface area contributed by atoms with E-state index in [-0.39, 0.29) is 11.9 Å². The number of aryl methyl sites for hydroxylation is 1. The molecule has 0 bridgehead atoms. The molecule has 0 radical (unpaired) electrons. The number of ether oxygens (including phenoxy) is 1. The number of hydrogen-bond acceptors (Lipinski definition) is 3. The van der Waals surface area contributed by atoms with Crippen LogP contribution in [0.3, 0.4) is 0 Å². The lowest BCUT2D eigenvalue weighted by Gasteiger charge is -2.40. The molecule has 2 atom stereocenters. The molecule has 0 amide bonds. The fourth-order valence-corrected chi connectivity index (χ4v) is 3.40. The summed E-state index contributed by atoms with van der Waals surface area (Å²) in [6.07, 6.45) is 4.39. The van der Waals surface area contributed by atoms with E-state index in [2.05, 4.69) is 42.3 Å². The van der Waals surface area contributed by atoms with Crippen molar-refractivity contribution in [1.29, 1.82) is 0 Å². The topological polar surface area (TPSA) is 29.5 Å². The molecule has 0 spiro atoms. The molecule has 1 aliphatic carbocycles. The van der Waals surface area contributed by atoms with E-state index >= 15 is 0 Å². The lowest BCUT2D eigenvalue weighted by molar-refractivity contribution is -0.147. The Morgan fingerprint density at radius 1 is 1.40 bits per heavy atom. The van der Waals surface area contributed by atoms with Gasteiger partial charge in [0.05, 0.1) is 12.5 Å². The van der Waals surface area contributed by atoms with Gasteiger partial charge in [-0.25, -0.2) is 0 Å². The summed E-state index contributed by atoms with van der Waals surface area (Å²) in [5.74, 6) is -0.245. The summed E-state index contributed by atoms with van der Waals surface area (Å²) in [6, 6.07) is 8.98. The number of carbonyl (C=O) groups excluding carboxylic acids is 1. The molecule has 0 saturated carbocycles. The van der Waals surface area contributed by atoms with Crippen molar-refractivity contribution in [2.24, 2.45) is 5.92 Å². The molecule has 0 fully saturated rings. The lowest BCUT2D eigenvalue weighted by Crippen LogP contribution is -2.44. The molecule has 20 heavy (non-hydrogen) atoms. The van der Waals surface area contributed by atoms with Crippen LogP contribution in [0.15, 0.2) is 30.3 Å². The van der Waals surface area contributed by atoms with Crippen LogP contribution in [0.2, 0.25) is 0 Å². The van der Waals surface area contributed by atoms with Crippen LogP contribution >= 0.6 is 0 Å². The van der Waals surface area contributed by atoms with Crippen molar-refractivity contribution in [3.8, 4) is 0 Å². The Morgan fingerprint density at radius 3 is 3.00 bits per heavy atom. The van der Waals surface area contributed by atoms with Gasteiger partial charge in [0, 0.05) is 12.6 Å². The highest BCUT2D eigenvalue weighted by Crippen LogP contribution is 2.37. The summed E-state index contributed by atoms with van der Waals surface area (Å²) in [5.41, 5.74) is 4.01. The molecule has 1 aromatic rings. The summed E-state index contributed by atoms with van der Waals surface area (Å²) < 4.78 is 5.19. The van der Waals surface area contributed by atoms with Crippen LogP contribution in [-0.2, 0) is 16.0 Å². The number of carbonyl (C=O) groups is 1. The van der Waals surface area contributed by atoms with Crippen molar-refractivity contribution in [3.63, 3.8) is 0 Å². The van der Waals surface area contributed by atoms with E-state index in [4.69, 9.17) is 4.74 Å². The minimum Gasteiger partial charge on any atom is -0.466 e. The van der Waals surface area contributed by atoms with Crippen molar-refractivity contribution >= 4 is 11.5 Å². The molecule has 0 aromatic heterocycles. The fourth-order valence-electron chi connectivity index (χ4n) is 3.40. The second-order valence-corrected chi connectivity index (χ2v) is 5.63. The van der Waals surface area contributed by atoms with Gasteiger partial charge in [-0.1, -0.05) is 30.3 Å². The zero-order chi connectivity index (χ0) is 14.1. The molecule has 1 heterocycles. The van der Waals surface area contributed by atoms with Crippen LogP contribution in [0, 0.1) is 5.92 Å². The third kappa shape index (κ3) is 2.27. The number of nitrogens with zero attached hydrogens (tertiary/aromatic N) is 1. The summed E-state index contributed by atoms with van der Waals surface area (Å²) in [4.78, 5) is 14.3. The third-order valence-corrected chi connectivity index (χ3v) is 4.36. The van der Waals surface area contributed by atoms with E-state index < -0.39 is 0 Å².